The molecule has 40 valence electrons. The van der Waals surface area contributed by atoms with Crippen LogP contribution in [0.1, 0.15) is 13.3 Å². The summed E-state index contributed by atoms with van der Waals surface area (Å²) in [6.07, 6.45) is 1.10. The zero-order valence-electron chi connectivity index (χ0n) is 4.37. The Balaban J connectivity index is 0. The molecule has 0 aliphatic rings. The second-order valence-corrected chi connectivity index (χ2v) is 0.789. The van der Waals surface area contributed by atoms with Crippen molar-refractivity contribution in [3.8, 4) is 0 Å². The predicted octanol–water partition coefficient (Wildman–Crippen LogP) is 0.941. The Morgan fingerprint density at radius 3 is 1.67 bits per heavy atom. The normalized spacial score (nSPS) is 6.00. The molecule has 0 aliphatic carbocycles. The zero-order chi connectivity index (χ0) is 5.41. The maximum absolute atomic E-state index is 9.50. The van der Waals surface area contributed by atoms with E-state index in [-0.39, 0.29) is 0 Å². The van der Waals surface area contributed by atoms with Crippen LogP contribution in [0.5, 0.6) is 0 Å². The van der Waals surface area contributed by atoms with E-state index in [0.29, 0.717) is 7.18 Å². The third-order valence-corrected chi connectivity index (χ3v) is 0.289. The molecule has 0 saturated carbocycles. The predicted molar refractivity (Wildman–Crippen MR) is 26.4 cm³/mol. The summed E-state index contributed by atoms with van der Waals surface area (Å²) in [6.45, 7) is 2.88. The molecule has 0 fully saturated rings. The molecule has 0 amide bonds. The van der Waals surface area contributed by atoms with Crippen molar-refractivity contribution in [2.24, 2.45) is 5.73 Å². The first-order valence-electron chi connectivity index (χ1n) is 1.99. The molecular weight excluding hydrogens is 81.0 g/mol. The average molecular weight is 93.1 g/mol. The summed E-state index contributed by atoms with van der Waals surface area (Å²) in [7, 11) is 0.500. The fourth-order valence-electron chi connectivity index (χ4n) is 0. The van der Waals surface area contributed by atoms with Gasteiger partial charge in [-0.3, -0.25) is 4.39 Å². The third-order valence-electron chi connectivity index (χ3n) is 0.289. The summed E-state index contributed by atoms with van der Waals surface area (Å²) in [6, 6.07) is 0. The largest absolute Gasteiger partial charge is 0.330 e. The van der Waals surface area contributed by atoms with Crippen LogP contribution in [-0.4, -0.2) is 13.7 Å². The van der Waals surface area contributed by atoms with Gasteiger partial charge in [-0.05, 0) is 13.0 Å². The Bertz CT molecular complexity index is 9.51. The van der Waals surface area contributed by atoms with Crippen molar-refractivity contribution in [1.82, 2.24) is 0 Å². The molecule has 0 aromatic carbocycles. The highest BCUT2D eigenvalue weighted by atomic mass is 19.1. The molecule has 0 unspecified atom stereocenters. The van der Waals surface area contributed by atoms with Crippen LogP contribution < -0.4 is 5.73 Å². The van der Waals surface area contributed by atoms with E-state index >= 15 is 0 Å². The van der Waals surface area contributed by atoms with E-state index in [1.165, 1.54) is 0 Å². The molecule has 0 heterocycles. The maximum atomic E-state index is 9.50. The first kappa shape index (κ1) is 9.31. The zero-order valence-corrected chi connectivity index (χ0v) is 4.37. The van der Waals surface area contributed by atoms with Crippen molar-refractivity contribution in [3.05, 3.63) is 0 Å². The average Bonchev–Trinajstić information content (AvgIpc) is 1.72. The molecule has 0 aromatic rings. The molecule has 2 heteroatoms. The van der Waals surface area contributed by atoms with Crippen LogP contribution in [0.4, 0.5) is 4.39 Å². The van der Waals surface area contributed by atoms with Crippen molar-refractivity contribution in [1.29, 1.82) is 0 Å². The van der Waals surface area contributed by atoms with Crippen LogP contribution in [0.2, 0.25) is 0 Å². The summed E-state index contributed by atoms with van der Waals surface area (Å²) in [5, 5.41) is 0. The van der Waals surface area contributed by atoms with Gasteiger partial charge in [-0.1, -0.05) is 6.92 Å². The van der Waals surface area contributed by atoms with Gasteiger partial charge in [-0.2, -0.15) is 0 Å². The minimum Gasteiger partial charge on any atom is -0.330 e. The fourth-order valence-corrected chi connectivity index (χ4v) is 0. The molecule has 1 nitrogen and oxygen atoms in total. The standard InChI is InChI=1S/C3H9N.CH3F/c1-2-3-4;1-2/h2-4H2,1H3;1H3. The number of alkyl halides is 1. The number of rotatable bonds is 1. The Hall–Kier alpha value is -0.110. The molecule has 0 aromatic heterocycles. The Morgan fingerprint density at radius 2 is 1.67 bits per heavy atom. The molecule has 0 spiro atoms. The molecule has 0 rings (SSSR count). The van der Waals surface area contributed by atoms with E-state index in [1.807, 2.05) is 0 Å². The van der Waals surface area contributed by atoms with Crippen molar-refractivity contribution < 1.29 is 4.39 Å². The summed E-state index contributed by atoms with van der Waals surface area (Å²) in [5.74, 6) is 0. The number of nitrogens with two attached hydrogens (primary N) is 1. The highest BCUT2D eigenvalue weighted by Gasteiger charge is 1.55. The van der Waals surface area contributed by atoms with Gasteiger partial charge in [0, 0.05) is 0 Å². The van der Waals surface area contributed by atoms with Crippen molar-refractivity contribution in [2.75, 3.05) is 13.7 Å². The van der Waals surface area contributed by atoms with E-state index in [2.05, 4.69) is 6.92 Å². The Kier molecular flexibility index (Phi) is 32.1. The number of hydrogen-bond donors (Lipinski definition) is 1. The van der Waals surface area contributed by atoms with Gasteiger partial charge in [0.15, 0.2) is 0 Å². The van der Waals surface area contributed by atoms with Gasteiger partial charge in [-0.25, -0.2) is 0 Å². The smallest absolute Gasteiger partial charge is 0.0785 e. The lowest BCUT2D eigenvalue weighted by Crippen LogP contribution is -1.93. The highest BCUT2D eigenvalue weighted by molar-refractivity contribution is 4.19. The molecule has 0 bridgehead atoms. The number of hydrogen-bond acceptors (Lipinski definition) is 1. The van der Waals surface area contributed by atoms with Crippen LogP contribution in [0, 0.1) is 0 Å². The lowest BCUT2D eigenvalue weighted by molar-refractivity contribution is 0.636. The lowest BCUT2D eigenvalue weighted by Gasteiger charge is -1.70. The summed E-state index contributed by atoms with van der Waals surface area (Å²) in [4.78, 5) is 0. The molecule has 6 heavy (non-hydrogen) atoms. The summed E-state index contributed by atoms with van der Waals surface area (Å²) < 4.78 is 9.50. The van der Waals surface area contributed by atoms with E-state index in [1.54, 1.807) is 0 Å². The lowest BCUT2D eigenvalue weighted by atomic mass is 10.5. The van der Waals surface area contributed by atoms with Gasteiger partial charge in [0.05, 0.1) is 7.18 Å². The summed E-state index contributed by atoms with van der Waals surface area (Å²) in [5.41, 5.74) is 5.03. The minimum atomic E-state index is 0.500. The SMILES string of the molecule is CCCN.CF. The van der Waals surface area contributed by atoms with E-state index in [4.69, 9.17) is 5.73 Å². The summed E-state index contributed by atoms with van der Waals surface area (Å²) >= 11 is 0. The highest BCUT2D eigenvalue weighted by Crippen LogP contribution is 1.57. The van der Waals surface area contributed by atoms with Gasteiger partial charge in [0.2, 0.25) is 0 Å². The minimum absolute atomic E-state index is 0.500. The Morgan fingerprint density at radius 1 is 1.50 bits per heavy atom. The molecule has 2 N–H and O–H groups in total. The van der Waals surface area contributed by atoms with E-state index in [9.17, 15) is 4.39 Å². The second-order valence-electron chi connectivity index (χ2n) is 0.789. The second kappa shape index (κ2) is 20.7. The van der Waals surface area contributed by atoms with Gasteiger partial charge in [0.25, 0.3) is 0 Å². The van der Waals surface area contributed by atoms with Crippen LogP contribution in [0.25, 0.3) is 0 Å². The van der Waals surface area contributed by atoms with Crippen LogP contribution in [-0.2, 0) is 0 Å². The monoisotopic (exact) mass is 93.1 g/mol. The molecular formula is C4H12FN. The molecule has 0 radical (unpaired) electrons. The van der Waals surface area contributed by atoms with Crippen molar-refractivity contribution >= 4 is 0 Å². The van der Waals surface area contributed by atoms with Gasteiger partial charge in [0.1, 0.15) is 0 Å². The maximum Gasteiger partial charge on any atom is 0.0785 e. The Labute approximate surface area is 38.3 Å². The van der Waals surface area contributed by atoms with Crippen LogP contribution >= 0.6 is 0 Å². The van der Waals surface area contributed by atoms with Gasteiger partial charge in [-0.15, -0.1) is 0 Å². The van der Waals surface area contributed by atoms with E-state index < -0.39 is 0 Å². The fraction of sp³-hybridized carbons (Fsp3) is 1.00. The molecule has 0 aliphatic heterocycles. The van der Waals surface area contributed by atoms with Crippen LogP contribution in [0.3, 0.4) is 0 Å². The topological polar surface area (TPSA) is 26.0 Å². The third kappa shape index (κ3) is 41.0. The van der Waals surface area contributed by atoms with Crippen LogP contribution in [0.15, 0.2) is 0 Å². The number of halogens is 1. The first-order chi connectivity index (χ1) is 2.91. The van der Waals surface area contributed by atoms with E-state index in [0.717, 1.165) is 13.0 Å². The van der Waals surface area contributed by atoms with Gasteiger partial charge < -0.3 is 5.73 Å². The quantitative estimate of drug-likeness (QED) is 0.513. The van der Waals surface area contributed by atoms with Gasteiger partial charge >= 0.3 is 0 Å². The first-order valence-corrected chi connectivity index (χ1v) is 1.99. The molecule has 0 saturated heterocycles. The van der Waals surface area contributed by atoms with Crippen molar-refractivity contribution in [2.45, 2.75) is 13.3 Å². The van der Waals surface area contributed by atoms with Crippen molar-refractivity contribution in [3.63, 3.8) is 0 Å². The molecule has 0 atom stereocenters.